The van der Waals surface area contributed by atoms with Crippen molar-refractivity contribution in [3.05, 3.63) is 232 Å². The summed E-state index contributed by atoms with van der Waals surface area (Å²) in [5.74, 6) is 1.20. The van der Waals surface area contributed by atoms with Crippen LogP contribution >= 0.6 is 34.8 Å². The van der Waals surface area contributed by atoms with E-state index < -0.39 is 46.0 Å². The summed E-state index contributed by atoms with van der Waals surface area (Å²) in [4.78, 5) is 0. The van der Waals surface area contributed by atoms with Crippen molar-refractivity contribution < 1.29 is 57.8 Å². The molecule has 7 aromatic carbocycles. The minimum atomic E-state index is -4.38. The van der Waals surface area contributed by atoms with Gasteiger partial charge in [0.2, 0.25) is 0 Å². The molecule has 0 spiro atoms. The zero-order valence-electron chi connectivity index (χ0n) is 61.4. The maximum Gasteiger partial charge on any atom is 0.416 e. The molecule has 0 saturated carbocycles. The highest BCUT2D eigenvalue weighted by molar-refractivity contribution is 6.31. The first kappa shape index (κ1) is 88.7. The summed E-state index contributed by atoms with van der Waals surface area (Å²) < 4.78 is 150. The standard InChI is InChI=1S/C13H20O.C12H12F3N.C12H18.2C11H12ClF3.C11H15FO.C10H12ClF/c1-6-14-11-7-8-12(10(2)9-11)13(3,4)5;1-11(2,3)10-6-8(7-16)4-5-9(10)12(13,14)15;1-9-6-7-11(10(2)8-9)12(3,4)5;1-10(2,3)8-5-4-7(12)6-9(8)11(13,14)15;1-10(2,3)8-5-4-7(6-9(8)12)11(13,14)15;1-11(2,3)9-7-8(12)5-6-10(9)13-4;1-10(2,3)7-5-4-6-8(11)9(7)12/h7-9H,6H2,1-5H3;4-6H,1-3H3;6-8H,1-5H3;2*4-6H,1-3H3;5-7H,1-4H3;4-6H,1-3H3. The van der Waals surface area contributed by atoms with Gasteiger partial charge in [0.1, 0.15) is 23.1 Å². The van der Waals surface area contributed by atoms with Gasteiger partial charge in [0.25, 0.3) is 0 Å². The third-order valence-corrected chi connectivity index (χ3v) is 15.5. The van der Waals surface area contributed by atoms with Gasteiger partial charge in [-0.15, -0.1) is 0 Å². The molecule has 0 atom stereocenters. The van der Waals surface area contributed by atoms with Crippen molar-refractivity contribution in [3.63, 3.8) is 0 Å². The molecule has 0 radical (unpaired) electrons. The third kappa shape index (κ3) is 29.6. The third-order valence-electron chi connectivity index (χ3n) is 14.7. The van der Waals surface area contributed by atoms with Crippen molar-refractivity contribution in [1.29, 1.82) is 5.26 Å². The molecule has 0 amide bonds. The number of nitrogens with zero attached hydrogens (tertiary/aromatic N) is 1. The number of hydrogen-bond acceptors (Lipinski definition) is 3. The molecule has 0 aromatic heterocycles. The molecular formula is C80H101Cl3F11NO2. The largest absolute Gasteiger partial charge is 0.496 e. The van der Waals surface area contributed by atoms with Gasteiger partial charge in [-0.25, -0.2) is 8.78 Å². The average molecular weight is 1420 g/mol. The van der Waals surface area contributed by atoms with Crippen LogP contribution < -0.4 is 9.47 Å². The van der Waals surface area contributed by atoms with Crippen LogP contribution in [0.2, 0.25) is 15.1 Å². The van der Waals surface area contributed by atoms with Gasteiger partial charge < -0.3 is 9.47 Å². The fourth-order valence-electron chi connectivity index (χ4n) is 9.92. The molecule has 0 saturated heterocycles. The van der Waals surface area contributed by atoms with E-state index in [0.717, 1.165) is 53.5 Å². The van der Waals surface area contributed by atoms with E-state index in [1.807, 2.05) is 75.3 Å². The topological polar surface area (TPSA) is 42.2 Å². The fourth-order valence-corrected chi connectivity index (χ4v) is 10.7. The first-order valence-electron chi connectivity index (χ1n) is 31.6. The zero-order chi connectivity index (χ0) is 75.8. The lowest BCUT2D eigenvalue weighted by Gasteiger charge is -2.24. The molecule has 0 aliphatic rings. The number of nitriles is 1. The van der Waals surface area contributed by atoms with Crippen molar-refractivity contribution in [2.24, 2.45) is 0 Å². The molecular weight excluding hydrogens is 1320 g/mol. The normalized spacial score (nSPS) is 12.2. The summed E-state index contributed by atoms with van der Waals surface area (Å²) in [5, 5.41) is 9.16. The van der Waals surface area contributed by atoms with Crippen LogP contribution in [0.1, 0.15) is 230 Å². The fraction of sp³-hybridized carbons (Fsp3) is 0.463. The molecule has 0 bridgehead atoms. The van der Waals surface area contributed by atoms with Crippen molar-refractivity contribution >= 4 is 34.8 Å². The van der Waals surface area contributed by atoms with Gasteiger partial charge in [-0.3, -0.25) is 0 Å². The molecule has 97 heavy (non-hydrogen) atoms. The number of benzene rings is 7. The molecule has 0 fully saturated rings. The Bertz CT molecular complexity index is 3700. The Morgan fingerprint density at radius 3 is 1.23 bits per heavy atom. The molecule has 0 heterocycles. The van der Waals surface area contributed by atoms with Gasteiger partial charge >= 0.3 is 18.5 Å². The first-order valence-corrected chi connectivity index (χ1v) is 32.7. The summed E-state index contributed by atoms with van der Waals surface area (Å²) in [6.45, 7) is 50.7. The van der Waals surface area contributed by atoms with Crippen molar-refractivity contribution in [2.75, 3.05) is 13.7 Å². The van der Waals surface area contributed by atoms with E-state index in [0.29, 0.717) is 5.56 Å². The lowest BCUT2D eigenvalue weighted by Crippen LogP contribution is -2.19. The minimum Gasteiger partial charge on any atom is -0.496 e. The second-order valence-corrected chi connectivity index (χ2v) is 31.9. The second-order valence-electron chi connectivity index (χ2n) is 30.7. The van der Waals surface area contributed by atoms with E-state index in [1.165, 1.54) is 70.3 Å². The van der Waals surface area contributed by atoms with Gasteiger partial charge in [0.15, 0.2) is 0 Å². The molecule has 7 rings (SSSR count). The van der Waals surface area contributed by atoms with Gasteiger partial charge in [-0.2, -0.15) is 44.8 Å². The molecule has 3 nitrogen and oxygen atoms in total. The molecule has 17 heteroatoms. The number of alkyl halides is 9. The van der Waals surface area contributed by atoms with Crippen LogP contribution in [0, 0.1) is 43.7 Å². The predicted molar refractivity (Wildman–Crippen MR) is 383 cm³/mol. The Morgan fingerprint density at radius 2 is 0.835 bits per heavy atom. The van der Waals surface area contributed by atoms with Crippen LogP contribution in [-0.4, -0.2) is 13.7 Å². The summed E-state index contributed by atoms with van der Waals surface area (Å²) in [6, 6.07) is 35.4. The average Bonchev–Trinajstić information content (AvgIpc) is 0.815. The molecule has 536 valence electrons. The van der Waals surface area contributed by atoms with E-state index >= 15 is 0 Å². The molecule has 7 aromatic rings. The number of hydrogen-bond donors (Lipinski definition) is 0. The van der Waals surface area contributed by atoms with Crippen LogP contribution in [-0.2, 0) is 56.4 Å². The van der Waals surface area contributed by atoms with Crippen LogP contribution in [0.3, 0.4) is 0 Å². The number of aryl methyl sites for hydroxylation is 3. The molecule has 0 aliphatic heterocycles. The first-order chi connectivity index (χ1) is 43.6. The van der Waals surface area contributed by atoms with Crippen LogP contribution in [0.25, 0.3) is 0 Å². The number of rotatable bonds is 3. The highest BCUT2D eigenvalue weighted by Crippen LogP contribution is 2.41. The number of halogens is 14. The van der Waals surface area contributed by atoms with Gasteiger partial charge in [-0.05, 0) is 189 Å². The highest BCUT2D eigenvalue weighted by Gasteiger charge is 2.38. The Morgan fingerprint density at radius 1 is 0.392 bits per heavy atom. The Kier molecular flexibility index (Phi) is 32.2. The molecule has 0 aliphatic carbocycles. The Labute approximate surface area is 587 Å². The van der Waals surface area contributed by atoms with Gasteiger partial charge in [-0.1, -0.05) is 234 Å². The van der Waals surface area contributed by atoms with Crippen molar-refractivity contribution in [3.8, 4) is 17.6 Å². The Hall–Kier alpha value is -6.27. The van der Waals surface area contributed by atoms with Crippen molar-refractivity contribution in [2.45, 2.75) is 230 Å². The van der Waals surface area contributed by atoms with E-state index in [9.17, 15) is 48.3 Å². The second kappa shape index (κ2) is 35.2. The van der Waals surface area contributed by atoms with Gasteiger partial charge in [0, 0.05) is 15.6 Å². The van der Waals surface area contributed by atoms with E-state index in [1.54, 1.807) is 72.9 Å². The van der Waals surface area contributed by atoms with Crippen LogP contribution in [0.15, 0.2) is 127 Å². The summed E-state index contributed by atoms with van der Waals surface area (Å²) >= 11 is 17.0. The minimum absolute atomic E-state index is 0.0898. The maximum absolute atomic E-state index is 13.4. The summed E-state index contributed by atoms with van der Waals surface area (Å²) in [7, 11) is 1.60. The van der Waals surface area contributed by atoms with Gasteiger partial charge in [0.05, 0.1) is 47.1 Å². The van der Waals surface area contributed by atoms with E-state index in [2.05, 4.69) is 98.7 Å². The van der Waals surface area contributed by atoms with Crippen LogP contribution in [0.5, 0.6) is 11.5 Å². The lowest BCUT2D eigenvalue weighted by atomic mass is 9.82. The summed E-state index contributed by atoms with van der Waals surface area (Å²) in [6.07, 6.45) is -13.1. The van der Waals surface area contributed by atoms with E-state index in [-0.39, 0.29) is 70.5 Å². The smallest absolute Gasteiger partial charge is 0.416 e. The quantitative estimate of drug-likeness (QED) is 0.166. The maximum atomic E-state index is 13.4. The highest BCUT2D eigenvalue weighted by atomic mass is 35.5. The monoisotopic (exact) mass is 1420 g/mol. The van der Waals surface area contributed by atoms with E-state index in [4.69, 9.17) is 49.5 Å². The Balaban J connectivity index is 0.000000567. The van der Waals surface area contributed by atoms with Crippen LogP contribution in [0.4, 0.5) is 48.3 Å². The van der Waals surface area contributed by atoms with Crippen molar-refractivity contribution in [1.82, 2.24) is 0 Å². The molecule has 0 unspecified atom stereocenters. The molecule has 0 N–H and O–H groups in total. The predicted octanol–water partition coefficient (Wildman–Crippen LogP) is 27.4. The zero-order valence-corrected chi connectivity index (χ0v) is 63.7. The SMILES string of the molecule is CC(C)(C)c1cc(C#N)ccc1C(F)(F)F.CC(C)(C)c1ccc(C(F)(F)F)cc1Cl.CC(C)(C)c1ccc(Cl)cc1C(F)(F)F.CC(C)(C)c1cccc(Cl)c1F.CCOc1ccc(C(C)(C)C)c(C)c1.COc1ccc(F)cc1C(C)(C)C.Cc1ccc(C(C)(C)C)c(C)c1. The lowest BCUT2D eigenvalue weighted by molar-refractivity contribution is -0.139. The number of methoxy groups -OCH3 is 1. The number of ether oxygens (including phenoxy) is 2. The summed E-state index contributed by atoms with van der Waals surface area (Å²) in [5.41, 5.74) is 6.60.